The van der Waals surface area contributed by atoms with Gasteiger partial charge in [0.1, 0.15) is 0 Å². The molecule has 7 heteroatoms. The molecule has 0 heterocycles. The zero-order chi connectivity index (χ0) is 16.5. The molecular formula is C16H37IN6. The van der Waals surface area contributed by atoms with Crippen molar-refractivity contribution in [2.45, 2.75) is 53.4 Å². The maximum absolute atomic E-state index is 4.54. The molecule has 0 spiro atoms. The Morgan fingerprint density at radius 1 is 0.565 bits per heavy atom. The van der Waals surface area contributed by atoms with Gasteiger partial charge in [-0.3, -0.25) is 9.98 Å². The molecule has 0 bridgehead atoms. The predicted molar refractivity (Wildman–Crippen MR) is 113 cm³/mol. The van der Waals surface area contributed by atoms with Crippen LogP contribution in [0.15, 0.2) is 9.98 Å². The van der Waals surface area contributed by atoms with E-state index in [4.69, 9.17) is 0 Å². The highest BCUT2D eigenvalue weighted by atomic mass is 127. The van der Waals surface area contributed by atoms with Gasteiger partial charge in [-0.2, -0.15) is 0 Å². The molecule has 0 aliphatic rings. The van der Waals surface area contributed by atoms with Crippen molar-refractivity contribution in [1.29, 1.82) is 0 Å². The molecule has 0 aliphatic heterocycles. The maximum Gasteiger partial charge on any atom is 0.191 e. The first-order valence-corrected chi connectivity index (χ1v) is 8.82. The first kappa shape index (κ1) is 24.5. The zero-order valence-electron chi connectivity index (χ0n) is 15.4. The largest absolute Gasteiger partial charge is 0.357 e. The Labute approximate surface area is 159 Å². The molecule has 0 aromatic carbocycles. The first-order chi connectivity index (χ1) is 10.8. The molecule has 0 fully saturated rings. The van der Waals surface area contributed by atoms with Crippen molar-refractivity contribution in [2.24, 2.45) is 9.98 Å². The fourth-order valence-corrected chi connectivity index (χ4v) is 1.98. The average Bonchev–Trinajstić information content (AvgIpc) is 2.50. The van der Waals surface area contributed by atoms with Crippen molar-refractivity contribution < 1.29 is 0 Å². The van der Waals surface area contributed by atoms with Crippen LogP contribution in [0, 0.1) is 0 Å². The van der Waals surface area contributed by atoms with Crippen LogP contribution in [0.25, 0.3) is 0 Å². The quantitative estimate of drug-likeness (QED) is 0.172. The van der Waals surface area contributed by atoms with Gasteiger partial charge in [-0.15, -0.1) is 24.0 Å². The van der Waals surface area contributed by atoms with Crippen molar-refractivity contribution in [3.05, 3.63) is 0 Å². The van der Waals surface area contributed by atoms with E-state index >= 15 is 0 Å². The third-order valence-corrected chi connectivity index (χ3v) is 2.98. The van der Waals surface area contributed by atoms with Crippen LogP contribution in [0.1, 0.15) is 53.4 Å². The van der Waals surface area contributed by atoms with Crippen LogP contribution in [-0.4, -0.2) is 51.2 Å². The number of hydrogen-bond donors (Lipinski definition) is 4. The van der Waals surface area contributed by atoms with E-state index in [9.17, 15) is 0 Å². The molecule has 0 atom stereocenters. The summed E-state index contributed by atoms with van der Waals surface area (Å²) in [5.74, 6) is 1.85. The lowest BCUT2D eigenvalue weighted by Gasteiger charge is -2.09. The molecular weight excluding hydrogens is 403 g/mol. The Balaban J connectivity index is 0. The number of guanidine groups is 2. The van der Waals surface area contributed by atoms with Gasteiger partial charge in [0.25, 0.3) is 0 Å². The van der Waals surface area contributed by atoms with E-state index in [1.54, 1.807) is 0 Å². The number of hydrogen-bond acceptors (Lipinski definition) is 2. The fourth-order valence-electron chi connectivity index (χ4n) is 1.98. The van der Waals surface area contributed by atoms with Crippen LogP contribution < -0.4 is 21.3 Å². The third kappa shape index (κ3) is 15.9. The van der Waals surface area contributed by atoms with Crippen molar-refractivity contribution in [2.75, 3.05) is 39.3 Å². The van der Waals surface area contributed by atoms with E-state index in [1.165, 1.54) is 12.8 Å². The van der Waals surface area contributed by atoms with Gasteiger partial charge in [-0.05, 0) is 40.5 Å². The number of halogens is 1. The minimum atomic E-state index is 0. The SMILES string of the molecule is CCNC(=NCCCCCCN=C(NCC)NCC)NCC.I. The molecule has 0 saturated heterocycles. The minimum absolute atomic E-state index is 0. The highest BCUT2D eigenvalue weighted by Crippen LogP contribution is 2.00. The number of nitrogens with zero attached hydrogens (tertiary/aromatic N) is 2. The summed E-state index contributed by atoms with van der Waals surface area (Å²) in [7, 11) is 0. The standard InChI is InChI=1S/C16H36N6.HI/c1-5-17-15(18-6-2)21-13-11-9-10-12-14-22-16(19-7-3)20-8-4;/h5-14H2,1-4H3,(H2,17,18,21)(H2,19,20,22);1H. The molecule has 0 saturated carbocycles. The summed E-state index contributed by atoms with van der Waals surface area (Å²) in [6.45, 7) is 13.7. The van der Waals surface area contributed by atoms with Crippen molar-refractivity contribution in [3.8, 4) is 0 Å². The molecule has 0 aromatic heterocycles. The van der Waals surface area contributed by atoms with Gasteiger partial charge in [-0.25, -0.2) is 0 Å². The minimum Gasteiger partial charge on any atom is -0.357 e. The van der Waals surface area contributed by atoms with Gasteiger partial charge in [0.15, 0.2) is 11.9 Å². The summed E-state index contributed by atoms with van der Waals surface area (Å²) in [6.07, 6.45) is 4.69. The van der Waals surface area contributed by atoms with E-state index < -0.39 is 0 Å². The van der Waals surface area contributed by atoms with E-state index in [0.29, 0.717) is 0 Å². The van der Waals surface area contributed by atoms with E-state index in [2.05, 4.69) is 58.9 Å². The normalized spacial score (nSPS) is 9.39. The van der Waals surface area contributed by atoms with E-state index in [0.717, 1.165) is 64.0 Å². The highest BCUT2D eigenvalue weighted by molar-refractivity contribution is 14.0. The molecule has 23 heavy (non-hydrogen) atoms. The Hall–Kier alpha value is -0.730. The number of nitrogens with one attached hydrogen (secondary N) is 4. The summed E-state index contributed by atoms with van der Waals surface area (Å²) >= 11 is 0. The van der Waals surface area contributed by atoms with Gasteiger partial charge in [0.05, 0.1) is 0 Å². The lowest BCUT2D eigenvalue weighted by Crippen LogP contribution is -2.37. The molecule has 0 rings (SSSR count). The lowest BCUT2D eigenvalue weighted by atomic mass is 10.2. The highest BCUT2D eigenvalue weighted by Gasteiger charge is 1.95. The predicted octanol–water partition coefficient (Wildman–Crippen LogP) is 2.31. The lowest BCUT2D eigenvalue weighted by molar-refractivity contribution is 0.649. The topological polar surface area (TPSA) is 72.8 Å². The summed E-state index contributed by atoms with van der Waals surface area (Å²) in [5.41, 5.74) is 0. The zero-order valence-corrected chi connectivity index (χ0v) is 17.7. The Morgan fingerprint density at radius 3 is 1.13 bits per heavy atom. The molecule has 6 nitrogen and oxygen atoms in total. The smallest absolute Gasteiger partial charge is 0.191 e. The van der Waals surface area contributed by atoms with Crippen LogP contribution in [0.3, 0.4) is 0 Å². The Bertz CT molecular complexity index is 261. The van der Waals surface area contributed by atoms with Gasteiger partial charge in [0.2, 0.25) is 0 Å². The molecule has 0 aromatic rings. The van der Waals surface area contributed by atoms with Crippen molar-refractivity contribution in [3.63, 3.8) is 0 Å². The summed E-state index contributed by atoms with van der Waals surface area (Å²) < 4.78 is 0. The summed E-state index contributed by atoms with van der Waals surface area (Å²) in [6, 6.07) is 0. The fraction of sp³-hybridized carbons (Fsp3) is 0.875. The second kappa shape index (κ2) is 19.3. The molecule has 138 valence electrons. The van der Waals surface area contributed by atoms with Gasteiger partial charge in [-0.1, -0.05) is 12.8 Å². The Morgan fingerprint density at radius 2 is 0.870 bits per heavy atom. The van der Waals surface area contributed by atoms with Crippen LogP contribution in [0.5, 0.6) is 0 Å². The molecule has 0 unspecified atom stereocenters. The van der Waals surface area contributed by atoms with E-state index in [-0.39, 0.29) is 24.0 Å². The third-order valence-electron chi connectivity index (χ3n) is 2.98. The molecule has 4 N–H and O–H groups in total. The molecule has 0 aliphatic carbocycles. The van der Waals surface area contributed by atoms with E-state index in [1.807, 2.05) is 0 Å². The van der Waals surface area contributed by atoms with Crippen LogP contribution in [0.4, 0.5) is 0 Å². The van der Waals surface area contributed by atoms with Crippen molar-refractivity contribution in [1.82, 2.24) is 21.3 Å². The number of aliphatic imine (C=N–C) groups is 2. The molecule has 0 amide bonds. The summed E-state index contributed by atoms with van der Waals surface area (Å²) in [4.78, 5) is 9.09. The average molecular weight is 440 g/mol. The Kier molecular flexibility index (Phi) is 20.6. The summed E-state index contributed by atoms with van der Waals surface area (Å²) in [5, 5.41) is 13.0. The second-order valence-electron chi connectivity index (χ2n) is 5.00. The number of rotatable bonds is 11. The van der Waals surface area contributed by atoms with Crippen LogP contribution in [0.2, 0.25) is 0 Å². The van der Waals surface area contributed by atoms with Crippen LogP contribution in [-0.2, 0) is 0 Å². The second-order valence-corrected chi connectivity index (χ2v) is 5.00. The van der Waals surface area contributed by atoms with Gasteiger partial charge < -0.3 is 21.3 Å². The van der Waals surface area contributed by atoms with Gasteiger partial charge in [0, 0.05) is 39.3 Å². The first-order valence-electron chi connectivity index (χ1n) is 8.82. The van der Waals surface area contributed by atoms with Crippen molar-refractivity contribution >= 4 is 35.9 Å². The van der Waals surface area contributed by atoms with Gasteiger partial charge >= 0.3 is 0 Å². The molecule has 0 radical (unpaired) electrons. The number of unbranched alkanes of at least 4 members (excludes halogenated alkanes) is 3. The maximum atomic E-state index is 4.54. The monoisotopic (exact) mass is 440 g/mol. The van der Waals surface area contributed by atoms with Crippen LogP contribution >= 0.6 is 24.0 Å².